The van der Waals surface area contributed by atoms with Gasteiger partial charge in [-0.1, -0.05) is 32.9 Å². The molecule has 2 aromatic rings. The summed E-state index contributed by atoms with van der Waals surface area (Å²) in [6.07, 6.45) is -4.56. The minimum Gasteiger partial charge on any atom is -0.288 e. The summed E-state index contributed by atoms with van der Waals surface area (Å²) in [6, 6.07) is 3.74. The number of H-pyrrole nitrogens is 1. The van der Waals surface area contributed by atoms with Crippen LogP contribution in [-0.2, 0) is 11.6 Å². The minimum atomic E-state index is -4.56. The third kappa shape index (κ3) is 1.89. The summed E-state index contributed by atoms with van der Waals surface area (Å²) in [5.74, 6) is -0.605. The van der Waals surface area contributed by atoms with Crippen LogP contribution in [0.25, 0.3) is 11.3 Å². The Morgan fingerprint density at radius 1 is 1.10 bits per heavy atom. The van der Waals surface area contributed by atoms with E-state index in [2.05, 4.69) is 10.2 Å². The number of hydrogen-bond acceptors (Lipinski definition) is 2. The van der Waals surface area contributed by atoms with Gasteiger partial charge in [-0.15, -0.1) is 0 Å². The fourth-order valence-corrected chi connectivity index (χ4v) is 2.66. The highest BCUT2D eigenvalue weighted by Crippen LogP contribution is 2.45. The highest BCUT2D eigenvalue weighted by Gasteiger charge is 2.43. The molecule has 0 spiro atoms. The molecule has 0 aliphatic heterocycles. The molecule has 0 saturated carbocycles. The van der Waals surface area contributed by atoms with Crippen LogP contribution in [0, 0.1) is 0 Å². The van der Waals surface area contributed by atoms with E-state index >= 15 is 0 Å². The lowest BCUT2D eigenvalue weighted by Crippen LogP contribution is -2.17. The number of hydrogen-bond donors (Lipinski definition) is 1. The highest BCUT2D eigenvalue weighted by molar-refractivity contribution is 6.22. The Balaban J connectivity index is 2.29. The standard InChI is InChI=1S/C15H13F3N2O/c1-14(2,3)13-10-11(19-20-13)7-5-4-6-8(15(16,17)18)9(7)12(10)21/h4-6H,1-3H3,(H,19,20). The first-order chi connectivity index (χ1) is 9.62. The molecule has 110 valence electrons. The summed E-state index contributed by atoms with van der Waals surface area (Å²) in [5.41, 5.74) is -0.218. The maximum absolute atomic E-state index is 13.1. The Bertz CT molecular complexity index is 751. The molecule has 1 aromatic heterocycles. The van der Waals surface area contributed by atoms with Crippen LogP contribution in [0.15, 0.2) is 18.2 Å². The van der Waals surface area contributed by atoms with Crippen molar-refractivity contribution in [3.05, 3.63) is 40.6 Å². The zero-order valence-electron chi connectivity index (χ0n) is 11.7. The van der Waals surface area contributed by atoms with Crippen molar-refractivity contribution in [3.63, 3.8) is 0 Å². The quantitative estimate of drug-likeness (QED) is 0.682. The number of alkyl halides is 3. The number of aromatic amines is 1. The zero-order valence-corrected chi connectivity index (χ0v) is 11.7. The second-order valence-electron chi connectivity index (χ2n) is 6.13. The Kier molecular flexibility index (Phi) is 2.61. The summed E-state index contributed by atoms with van der Waals surface area (Å²) in [7, 11) is 0. The predicted molar refractivity (Wildman–Crippen MR) is 71.2 cm³/mol. The fourth-order valence-electron chi connectivity index (χ4n) is 2.66. The summed E-state index contributed by atoms with van der Waals surface area (Å²) in [6.45, 7) is 5.63. The number of rotatable bonds is 0. The van der Waals surface area contributed by atoms with E-state index in [1.54, 1.807) is 0 Å². The van der Waals surface area contributed by atoms with E-state index in [9.17, 15) is 18.0 Å². The number of aromatic nitrogens is 2. The number of nitrogens with one attached hydrogen (secondary N) is 1. The lowest BCUT2D eigenvalue weighted by molar-refractivity contribution is -0.137. The number of benzene rings is 1. The Morgan fingerprint density at radius 2 is 1.76 bits per heavy atom. The van der Waals surface area contributed by atoms with Crippen molar-refractivity contribution < 1.29 is 18.0 Å². The first-order valence-electron chi connectivity index (χ1n) is 6.46. The van der Waals surface area contributed by atoms with Crippen LogP contribution in [-0.4, -0.2) is 16.0 Å². The number of fused-ring (bicyclic) bond motifs is 3. The first-order valence-corrected chi connectivity index (χ1v) is 6.46. The van der Waals surface area contributed by atoms with Gasteiger partial charge in [0, 0.05) is 16.5 Å². The van der Waals surface area contributed by atoms with E-state index in [-0.39, 0.29) is 16.7 Å². The molecule has 0 atom stereocenters. The third-order valence-electron chi connectivity index (χ3n) is 3.60. The number of carbonyl (C=O) groups is 1. The Morgan fingerprint density at radius 3 is 2.33 bits per heavy atom. The average Bonchev–Trinajstić information content (AvgIpc) is 2.89. The Hall–Kier alpha value is -2.11. The molecule has 1 N–H and O–H groups in total. The molecule has 1 aromatic carbocycles. The van der Waals surface area contributed by atoms with Crippen molar-refractivity contribution in [2.75, 3.05) is 0 Å². The van der Waals surface area contributed by atoms with Gasteiger partial charge in [-0.3, -0.25) is 9.89 Å². The van der Waals surface area contributed by atoms with Crippen molar-refractivity contribution in [1.29, 1.82) is 0 Å². The molecule has 0 radical (unpaired) electrons. The van der Waals surface area contributed by atoms with E-state index < -0.39 is 22.9 Å². The van der Waals surface area contributed by atoms with Gasteiger partial charge in [0.15, 0.2) is 5.78 Å². The third-order valence-corrected chi connectivity index (χ3v) is 3.60. The highest BCUT2D eigenvalue weighted by atomic mass is 19.4. The summed E-state index contributed by atoms with van der Waals surface area (Å²) < 4.78 is 39.3. The number of halogens is 3. The van der Waals surface area contributed by atoms with Crippen molar-refractivity contribution in [3.8, 4) is 11.3 Å². The first kappa shape index (κ1) is 13.9. The second kappa shape index (κ2) is 3.96. The molecule has 1 aliphatic carbocycles. The Labute approximate surface area is 119 Å². The van der Waals surface area contributed by atoms with E-state index in [0.29, 0.717) is 11.4 Å². The fraction of sp³-hybridized carbons (Fsp3) is 0.333. The topological polar surface area (TPSA) is 45.8 Å². The monoisotopic (exact) mass is 294 g/mol. The van der Waals surface area contributed by atoms with E-state index in [4.69, 9.17) is 0 Å². The molecular formula is C15H13F3N2O. The van der Waals surface area contributed by atoms with E-state index in [1.165, 1.54) is 12.1 Å². The molecule has 3 rings (SSSR count). The molecule has 1 aliphatic rings. The van der Waals surface area contributed by atoms with Gasteiger partial charge in [0.2, 0.25) is 0 Å². The van der Waals surface area contributed by atoms with Gasteiger partial charge >= 0.3 is 6.18 Å². The van der Waals surface area contributed by atoms with Crippen molar-refractivity contribution in [2.24, 2.45) is 0 Å². The van der Waals surface area contributed by atoms with Gasteiger partial charge in [0.05, 0.1) is 16.8 Å². The molecule has 3 nitrogen and oxygen atoms in total. The van der Waals surface area contributed by atoms with Gasteiger partial charge in [0.25, 0.3) is 0 Å². The predicted octanol–water partition coefficient (Wildman–Crippen LogP) is 3.94. The summed E-state index contributed by atoms with van der Waals surface area (Å²) >= 11 is 0. The SMILES string of the molecule is CC(C)(C)c1[nH]nc2c1C(=O)c1c-2cccc1C(F)(F)F. The molecular weight excluding hydrogens is 281 g/mol. The molecule has 21 heavy (non-hydrogen) atoms. The van der Waals surface area contributed by atoms with Gasteiger partial charge in [-0.2, -0.15) is 18.3 Å². The average molecular weight is 294 g/mol. The summed E-state index contributed by atoms with van der Waals surface area (Å²) in [4.78, 5) is 12.5. The summed E-state index contributed by atoms with van der Waals surface area (Å²) in [5, 5.41) is 6.86. The van der Waals surface area contributed by atoms with E-state index in [1.807, 2.05) is 20.8 Å². The largest absolute Gasteiger partial charge is 0.417 e. The molecule has 0 bridgehead atoms. The maximum atomic E-state index is 13.1. The van der Waals surface area contributed by atoms with Crippen LogP contribution < -0.4 is 0 Å². The van der Waals surface area contributed by atoms with Gasteiger partial charge in [-0.25, -0.2) is 0 Å². The molecule has 0 amide bonds. The van der Waals surface area contributed by atoms with Crippen molar-refractivity contribution in [2.45, 2.75) is 32.4 Å². The molecule has 0 saturated heterocycles. The zero-order chi connectivity index (χ0) is 15.6. The van der Waals surface area contributed by atoms with Gasteiger partial charge in [0.1, 0.15) is 5.69 Å². The van der Waals surface area contributed by atoms with Crippen LogP contribution in [0.2, 0.25) is 0 Å². The van der Waals surface area contributed by atoms with E-state index in [0.717, 1.165) is 6.07 Å². The molecule has 0 unspecified atom stereocenters. The minimum absolute atomic E-state index is 0.247. The number of carbonyl (C=O) groups excluding carboxylic acids is 1. The van der Waals surface area contributed by atoms with Gasteiger partial charge < -0.3 is 0 Å². The van der Waals surface area contributed by atoms with Crippen LogP contribution in [0.4, 0.5) is 13.2 Å². The molecule has 6 heteroatoms. The lowest BCUT2D eigenvalue weighted by atomic mass is 9.88. The number of nitrogens with zero attached hydrogens (tertiary/aromatic N) is 1. The maximum Gasteiger partial charge on any atom is 0.417 e. The van der Waals surface area contributed by atoms with Crippen LogP contribution in [0.3, 0.4) is 0 Å². The molecule has 1 heterocycles. The molecule has 0 fully saturated rings. The van der Waals surface area contributed by atoms with Gasteiger partial charge in [-0.05, 0) is 6.07 Å². The van der Waals surface area contributed by atoms with Crippen LogP contribution >= 0.6 is 0 Å². The van der Waals surface area contributed by atoms with Crippen molar-refractivity contribution >= 4 is 5.78 Å². The lowest BCUT2D eigenvalue weighted by Gasteiger charge is -2.17. The normalized spacial score (nSPS) is 14.3. The van der Waals surface area contributed by atoms with Crippen LogP contribution in [0.1, 0.15) is 48.0 Å². The number of ketones is 1. The van der Waals surface area contributed by atoms with Crippen molar-refractivity contribution in [1.82, 2.24) is 10.2 Å². The second-order valence-corrected chi connectivity index (χ2v) is 6.13. The van der Waals surface area contributed by atoms with Crippen LogP contribution in [0.5, 0.6) is 0 Å². The smallest absolute Gasteiger partial charge is 0.288 e.